The highest BCUT2D eigenvalue weighted by molar-refractivity contribution is 5.76. The number of H-pyrrole nitrogens is 1. The Balaban J connectivity index is 1.93. The van der Waals surface area contributed by atoms with Gasteiger partial charge >= 0.3 is 5.69 Å². The highest BCUT2D eigenvalue weighted by Crippen LogP contribution is 2.28. The average Bonchev–Trinajstić information content (AvgIpc) is 3.18. The van der Waals surface area contributed by atoms with E-state index in [4.69, 9.17) is 14.2 Å². The van der Waals surface area contributed by atoms with Crippen LogP contribution in [0.5, 0.6) is 11.5 Å². The number of aromatic nitrogens is 4. The predicted molar refractivity (Wildman–Crippen MR) is 115 cm³/mol. The zero-order valence-electron chi connectivity index (χ0n) is 17.6. The minimum Gasteiger partial charge on any atom is -0.493 e. The summed E-state index contributed by atoms with van der Waals surface area (Å²) < 4.78 is 18.7. The minimum atomic E-state index is -0.367. The highest BCUT2D eigenvalue weighted by atomic mass is 16.5. The molecule has 9 nitrogen and oxygen atoms in total. The van der Waals surface area contributed by atoms with Crippen molar-refractivity contribution in [3.63, 3.8) is 0 Å². The lowest BCUT2D eigenvalue weighted by Gasteiger charge is -2.10. The second-order valence-corrected chi connectivity index (χ2v) is 6.48. The Bertz CT molecular complexity index is 1170. The molecular weight excluding hydrogens is 388 g/mol. The van der Waals surface area contributed by atoms with Crippen molar-refractivity contribution in [3.05, 3.63) is 50.4 Å². The molecule has 0 radical (unpaired) electrons. The zero-order valence-corrected chi connectivity index (χ0v) is 17.6. The molecule has 0 saturated heterocycles. The molecule has 0 fully saturated rings. The molecule has 1 aromatic carbocycles. The number of nitrogens with zero attached hydrogens (tertiary/aromatic N) is 3. The molecule has 30 heavy (non-hydrogen) atoms. The van der Waals surface area contributed by atoms with Crippen molar-refractivity contribution >= 4 is 23.3 Å². The van der Waals surface area contributed by atoms with E-state index in [0.29, 0.717) is 54.8 Å². The topological polar surface area (TPSA) is 100 Å². The van der Waals surface area contributed by atoms with Gasteiger partial charge in [-0.3, -0.25) is 13.9 Å². The van der Waals surface area contributed by atoms with Crippen molar-refractivity contribution in [2.24, 2.45) is 0 Å². The highest BCUT2D eigenvalue weighted by Gasteiger charge is 2.15. The van der Waals surface area contributed by atoms with Gasteiger partial charge in [-0.05, 0) is 37.6 Å². The van der Waals surface area contributed by atoms with Gasteiger partial charge in [-0.2, -0.15) is 0 Å². The number of methoxy groups -OCH3 is 2. The fourth-order valence-corrected chi connectivity index (χ4v) is 3.14. The fraction of sp³-hybridized carbons (Fsp3) is 0.381. The van der Waals surface area contributed by atoms with E-state index in [1.54, 1.807) is 27.2 Å². The number of fused-ring (bicyclic) bond motifs is 1. The van der Waals surface area contributed by atoms with Crippen LogP contribution in [0.3, 0.4) is 0 Å². The standard InChI is InChI=1S/C21H26N4O5/c1-5-24-19-18(20(26)25(6-2)21(24)27)22-17(23-19)10-8-14-7-9-15(16(13-14)29-4)30-12-11-28-3/h7-10,13H,5-6,11-12H2,1-4H3,(H,22,23). The Labute approximate surface area is 173 Å². The van der Waals surface area contributed by atoms with Crippen molar-refractivity contribution < 1.29 is 14.2 Å². The Morgan fingerprint density at radius 1 is 1.03 bits per heavy atom. The van der Waals surface area contributed by atoms with Crippen LogP contribution in [0, 0.1) is 0 Å². The third kappa shape index (κ3) is 4.16. The largest absolute Gasteiger partial charge is 0.493 e. The number of aromatic amines is 1. The number of benzene rings is 1. The molecule has 0 aliphatic rings. The van der Waals surface area contributed by atoms with Crippen molar-refractivity contribution in [2.75, 3.05) is 27.4 Å². The molecule has 1 N–H and O–H groups in total. The molecule has 0 aliphatic heterocycles. The molecule has 3 aromatic rings. The van der Waals surface area contributed by atoms with E-state index in [2.05, 4.69) is 9.97 Å². The summed E-state index contributed by atoms with van der Waals surface area (Å²) >= 11 is 0. The van der Waals surface area contributed by atoms with Crippen molar-refractivity contribution in [1.29, 1.82) is 0 Å². The van der Waals surface area contributed by atoms with Crippen molar-refractivity contribution in [1.82, 2.24) is 19.1 Å². The predicted octanol–water partition coefficient (Wildman–Crippen LogP) is 2.13. The van der Waals surface area contributed by atoms with E-state index in [9.17, 15) is 9.59 Å². The first kappa shape index (κ1) is 21.4. The summed E-state index contributed by atoms with van der Waals surface area (Å²) in [7, 11) is 3.19. The summed E-state index contributed by atoms with van der Waals surface area (Å²) in [4.78, 5) is 32.5. The van der Waals surface area contributed by atoms with Gasteiger partial charge in [0.05, 0.1) is 13.7 Å². The van der Waals surface area contributed by atoms with Crippen molar-refractivity contribution in [2.45, 2.75) is 26.9 Å². The number of rotatable bonds is 9. The van der Waals surface area contributed by atoms with Crippen LogP contribution < -0.4 is 20.7 Å². The lowest BCUT2D eigenvalue weighted by atomic mass is 10.2. The van der Waals surface area contributed by atoms with Crippen LogP contribution in [0.4, 0.5) is 0 Å². The molecule has 0 amide bonds. The maximum atomic E-state index is 12.6. The van der Waals surface area contributed by atoms with Gasteiger partial charge in [-0.1, -0.05) is 12.1 Å². The average molecular weight is 414 g/mol. The summed E-state index contributed by atoms with van der Waals surface area (Å²) in [5.74, 6) is 1.71. The van der Waals surface area contributed by atoms with Crippen molar-refractivity contribution in [3.8, 4) is 11.5 Å². The van der Waals surface area contributed by atoms with E-state index < -0.39 is 0 Å². The number of hydrogen-bond acceptors (Lipinski definition) is 6. The van der Waals surface area contributed by atoms with Gasteiger partial charge in [0.15, 0.2) is 17.1 Å². The second kappa shape index (κ2) is 9.45. The summed E-state index contributed by atoms with van der Waals surface area (Å²) in [6.45, 7) is 5.25. The summed E-state index contributed by atoms with van der Waals surface area (Å²) in [6, 6.07) is 5.55. The maximum Gasteiger partial charge on any atom is 0.332 e. The summed E-state index contributed by atoms with van der Waals surface area (Å²) in [5.41, 5.74) is 0.820. The third-order valence-electron chi connectivity index (χ3n) is 4.68. The van der Waals surface area contributed by atoms with Gasteiger partial charge in [0, 0.05) is 20.2 Å². The monoisotopic (exact) mass is 414 g/mol. The van der Waals surface area contributed by atoms with Crippen LogP contribution in [0.1, 0.15) is 25.2 Å². The normalized spacial score (nSPS) is 11.5. The number of ether oxygens (including phenoxy) is 3. The summed E-state index contributed by atoms with van der Waals surface area (Å²) in [6.07, 6.45) is 3.59. The number of aryl methyl sites for hydroxylation is 1. The van der Waals surface area contributed by atoms with Crippen LogP contribution in [0.15, 0.2) is 27.8 Å². The van der Waals surface area contributed by atoms with Crippen LogP contribution in [0.25, 0.3) is 23.3 Å². The lowest BCUT2D eigenvalue weighted by Crippen LogP contribution is -2.39. The molecule has 0 aliphatic carbocycles. The molecule has 0 atom stereocenters. The van der Waals surface area contributed by atoms with E-state index in [1.165, 1.54) is 9.13 Å². The molecule has 160 valence electrons. The smallest absolute Gasteiger partial charge is 0.332 e. The van der Waals surface area contributed by atoms with Crippen LogP contribution >= 0.6 is 0 Å². The van der Waals surface area contributed by atoms with Crippen LogP contribution in [-0.4, -0.2) is 46.5 Å². The van der Waals surface area contributed by atoms with Gasteiger partial charge in [0.2, 0.25) is 0 Å². The van der Waals surface area contributed by atoms with E-state index >= 15 is 0 Å². The Kier molecular flexibility index (Phi) is 6.73. The first-order chi connectivity index (χ1) is 14.5. The molecule has 9 heteroatoms. The molecule has 0 unspecified atom stereocenters. The number of hydrogen-bond donors (Lipinski definition) is 1. The van der Waals surface area contributed by atoms with Crippen LogP contribution in [0.2, 0.25) is 0 Å². The van der Waals surface area contributed by atoms with E-state index in [1.807, 2.05) is 31.2 Å². The van der Waals surface area contributed by atoms with Gasteiger partial charge in [-0.25, -0.2) is 9.78 Å². The number of imidazole rings is 1. The number of nitrogens with one attached hydrogen (secondary N) is 1. The molecule has 2 aromatic heterocycles. The Morgan fingerprint density at radius 2 is 1.80 bits per heavy atom. The van der Waals surface area contributed by atoms with E-state index in [-0.39, 0.29) is 11.2 Å². The molecular formula is C21H26N4O5. The van der Waals surface area contributed by atoms with E-state index in [0.717, 1.165) is 5.56 Å². The van der Waals surface area contributed by atoms with Crippen LogP contribution in [-0.2, 0) is 17.8 Å². The van der Waals surface area contributed by atoms with Gasteiger partial charge in [-0.15, -0.1) is 0 Å². The second-order valence-electron chi connectivity index (χ2n) is 6.48. The fourth-order valence-electron chi connectivity index (χ4n) is 3.14. The van der Waals surface area contributed by atoms with Gasteiger partial charge in [0.25, 0.3) is 5.56 Å². The first-order valence-corrected chi connectivity index (χ1v) is 9.75. The maximum absolute atomic E-state index is 12.6. The Morgan fingerprint density at radius 3 is 2.47 bits per heavy atom. The van der Waals surface area contributed by atoms with Gasteiger partial charge < -0.3 is 19.2 Å². The quantitative estimate of drug-likeness (QED) is 0.539. The molecule has 0 saturated carbocycles. The third-order valence-corrected chi connectivity index (χ3v) is 4.68. The summed E-state index contributed by atoms with van der Waals surface area (Å²) in [5, 5.41) is 0. The molecule has 2 heterocycles. The molecule has 3 rings (SSSR count). The zero-order chi connectivity index (χ0) is 21.7. The lowest BCUT2D eigenvalue weighted by molar-refractivity contribution is 0.144. The molecule has 0 spiro atoms. The Hall–Kier alpha value is -3.33. The minimum absolute atomic E-state index is 0.302. The SMILES string of the molecule is CCn1c(=O)c2[nH]c(C=Cc3ccc(OCCOC)c(OC)c3)nc2n(CC)c1=O. The molecule has 0 bridgehead atoms. The first-order valence-electron chi connectivity index (χ1n) is 9.75. The van der Waals surface area contributed by atoms with Gasteiger partial charge in [0.1, 0.15) is 17.9 Å².